The number of hydrogen-bond donors (Lipinski definition) is 2. The largest absolute Gasteiger partial charge is 0.507 e. The normalized spacial score (nSPS) is 15.6. The zero-order valence-corrected chi connectivity index (χ0v) is 17.9. The SMILES string of the molecule is Cc1ccc(NC(=O)C2(c3ccc4c(c3)OCO4)CC2)cc1-c1cc(C)c(O)c(C)c1.[HH]. The van der Waals surface area contributed by atoms with E-state index in [9.17, 15) is 9.90 Å². The minimum atomic E-state index is -0.516. The molecular formula is C26H27NO4. The van der Waals surface area contributed by atoms with Crippen LogP contribution in [0.5, 0.6) is 17.2 Å². The van der Waals surface area contributed by atoms with Crippen molar-refractivity contribution in [3.8, 4) is 28.4 Å². The second-order valence-corrected chi connectivity index (χ2v) is 8.59. The Morgan fingerprint density at radius 2 is 1.65 bits per heavy atom. The number of carbonyl (C=O) groups is 1. The first-order valence-corrected chi connectivity index (χ1v) is 10.5. The van der Waals surface area contributed by atoms with Crippen molar-refractivity contribution < 1.29 is 20.8 Å². The number of nitrogens with one attached hydrogen (secondary N) is 1. The lowest BCUT2D eigenvalue weighted by molar-refractivity contribution is -0.118. The molecular weight excluding hydrogens is 390 g/mol. The molecule has 0 atom stereocenters. The highest BCUT2D eigenvalue weighted by Crippen LogP contribution is 2.51. The maximum Gasteiger partial charge on any atom is 0.235 e. The van der Waals surface area contributed by atoms with Crippen LogP contribution in [-0.2, 0) is 10.2 Å². The summed E-state index contributed by atoms with van der Waals surface area (Å²) in [6.07, 6.45) is 1.63. The maximum absolute atomic E-state index is 13.3. The number of benzene rings is 3. The van der Waals surface area contributed by atoms with Crippen molar-refractivity contribution in [3.63, 3.8) is 0 Å². The van der Waals surface area contributed by atoms with E-state index in [0.29, 0.717) is 11.5 Å². The van der Waals surface area contributed by atoms with Crippen LogP contribution in [0.2, 0.25) is 0 Å². The fraction of sp³-hybridized carbons (Fsp3) is 0.269. The number of phenols is 1. The van der Waals surface area contributed by atoms with Gasteiger partial charge in [-0.1, -0.05) is 12.1 Å². The Bertz CT molecular complexity index is 1190. The summed E-state index contributed by atoms with van der Waals surface area (Å²) in [4.78, 5) is 13.3. The molecule has 3 aromatic carbocycles. The minimum Gasteiger partial charge on any atom is -0.507 e. The number of ether oxygens (including phenoxy) is 2. The number of hydrogen-bond acceptors (Lipinski definition) is 4. The van der Waals surface area contributed by atoms with Crippen LogP contribution < -0.4 is 14.8 Å². The van der Waals surface area contributed by atoms with Crippen LogP contribution >= 0.6 is 0 Å². The molecule has 1 aliphatic heterocycles. The number of rotatable bonds is 4. The highest BCUT2D eigenvalue weighted by atomic mass is 16.7. The van der Waals surface area contributed by atoms with E-state index in [1.807, 2.05) is 69.3 Å². The van der Waals surface area contributed by atoms with Crippen LogP contribution in [0.15, 0.2) is 48.5 Å². The van der Waals surface area contributed by atoms with Gasteiger partial charge in [0.15, 0.2) is 11.5 Å². The van der Waals surface area contributed by atoms with Gasteiger partial charge in [0.05, 0.1) is 5.41 Å². The van der Waals surface area contributed by atoms with Crippen molar-refractivity contribution in [2.45, 2.75) is 39.0 Å². The summed E-state index contributed by atoms with van der Waals surface area (Å²) >= 11 is 0. The molecule has 2 N–H and O–H groups in total. The van der Waals surface area contributed by atoms with Crippen LogP contribution in [0.1, 0.15) is 36.5 Å². The smallest absolute Gasteiger partial charge is 0.235 e. The predicted octanol–water partition coefficient (Wildman–Crippen LogP) is 5.63. The summed E-state index contributed by atoms with van der Waals surface area (Å²) in [7, 11) is 0. The zero-order chi connectivity index (χ0) is 21.8. The Balaban J connectivity index is 0.00000245. The molecule has 0 spiro atoms. The third kappa shape index (κ3) is 3.30. The summed E-state index contributed by atoms with van der Waals surface area (Å²) < 4.78 is 10.9. The van der Waals surface area contributed by atoms with Crippen molar-refractivity contribution in [2.75, 3.05) is 12.1 Å². The van der Waals surface area contributed by atoms with Gasteiger partial charge >= 0.3 is 0 Å². The lowest BCUT2D eigenvalue weighted by Gasteiger charge is -2.18. The molecule has 2 aliphatic rings. The minimum absolute atomic E-state index is 0. The number of phenolic OH excluding ortho intramolecular Hbond substituents is 1. The Labute approximate surface area is 183 Å². The van der Waals surface area contributed by atoms with Crippen LogP contribution in [-0.4, -0.2) is 17.8 Å². The van der Waals surface area contributed by atoms with E-state index in [1.54, 1.807) is 0 Å². The Kier molecular flexibility index (Phi) is 4.43. The van der Waals surface area contributed by atoms with Gasteiger partial charge in [-0.15, -0.1) is 0 Å². The van der Waals surface area contributed by atoms with Crippen molar-refractivity contribution >= 4 is 11.6 Å². The molecule has 5 heteroatoms. The second-order valence-electron chi connectivity index (χ2n) is 8.59. The lowest BCUT2D eigenvalue weighted by Crippen LogP contribution is -2.27. The van der Waals surface area contributed by atoms with Crippen molar-refractivity contribution in [3.05, 3.63) is 70.8 Å². The molecule has 0 unspecified atom stereocenters. The van der Waals surface area contributed by atoms with E-state index in [2.05, 4.69) is 5.32 Å². The fourth-order valence-electron chi connectivity index (χ4n) is 4.34. The topological polar surface area (TPSA) is 67.8 Å². The first kappa shape index (κ1) is 19.5. The number of amides is 1. The number of fused-ring (bicyclic) bond motifs is 1. The molecule has 5 rings (SSSR count). The second kappa shape index (κ2) is 7.05. The lowest BCUT2D eigenvalue weighted by atomic mass is 9.93. The monoisotopic (exact) mass is 417 g/mol. The number of aromatic hydroxyl groups is 1. The standard InChI is InChI=1S/C26H25NO4.H2/c1-15-4-6-20(13-21(15)18-10-16(2)24(28)17(3)11-18)27-25(29)26(8-9-26)19-5-7-22-23(12-19)31-14-30-22;/h4-7,10-13,28H,8-9,14H2,1-3H3,(H,27,29);1H. The van der Waals surface area contributed by atoms with Gasteiger partial charge in [0.25, 0.3) is 0 Å². The highest BCUT2D eigenvalue weighted by molar-refractivity contribution is 6.02. The quantitative estimate of drug-likeness (QED) is 0.577. The van der Waals surface area contributed by atoms with Crippen LogP contribution in [0.4, 0.5) is 5.69 Å². The van der Waals surface area contributed by atoms with E-state index in [1.165, 1.54) is 0 Å². The number of aryl methyl sites for hydroxylation is 3. The summed E-state index contributed by atoms with van der Waals surface area (Å²) in [6, 6.07) is 15.7. The number of carbonyl (C=O) groups excluding carboxylic acids is 1. The molecule has 0 radical (unpaired) electrons. The molecule has 0 saturated heterocycles. The van der Waals surface area contributed by atoms with E-state index in [0.717, 1.165) is 57.7 Å². The summed E-state index contributed by atoms with van der Waals surface area (Å²) in [5.41, 5.74) is 6.06. The van der Waals surface area contributed by atoms with Crippen LogP contribution in [0, 0.1) is 20.8 Å². The molecule has 1 amide bonds. The molecule has 0 bridgehead atoms. The fourth-order valence-corrected chi connectivity index (χ4v) is 4.34. The van der Waals surface area contributed by atoms with Crippen LogP contribution in [0.25, 0.3) is 11.1 Å². The molecule has 160 valence electrons. The first-order chi connectivity index (χ1) is 14.9. The van der Waals surface area contributed by atoms with Crippen molar-refractivity contribution in [1.82, 2.24) is 0 Å². The molecule has 3 aromatic rings. The van der Waals surface area contributed by atoms with Gasteiger partial charge in [-0.05, 0) is 103 Å². The third-order valence-corrected chi connectivity index (χ3v) is 6.41. The van der Waals surface area contributed by atoms with Gasteiger partial charge in [0.2, 0.25) is 12.7 Å². The van der Waals surface area contributed by atoms with E-state index in [4.69, 9.17) is 9.47 Å². The molecule has 1 saturated carbocycles. The Morgan fingerprint density at radius 3 is 2.35 bits per heavy atom. The molecule has 1 heterocycles. The number of anilines is 1. The van der Waals surface area contributed by atoms with Gasteiger partial charge in [-0.2, -0.15) is 0 Å². The van der Waals surface area contributed by atoms with E-state index in [-0.39, 0.29) is 14.1 Å². The average molecular weight is 418 g/mol. The molecule has 31 heavy (non-hydrogen) atoms. The van der Waals surface area contributed by atoms with Crippen LogP contribution in [0.3, 0.4) is 0 Å². The molecule has 1 fully saturated rings. The van der Waals surface area contributed by atoms with Gasteiger partial charge < -0.3 is 19.9 Å². The maximum atomic E-state index is 13.3. The molecule has 5 nitrogen and oxygen atoms in total. The summed E-state index contributed by atoms with van der Waals surface area (Å²) in [6.45, 7) is 6.07. The van der Waals surface area contributed by atoms with E-state index < -0.39 is 5.41 Å². The average Bonchev–Trinajstić information content (AvgIpc) is 3.44. The van der Waals surface area contributed by atoms with Gasteiger partial charge in [0.1, 0.15) is 5.75 Å². The summed E-state index contributed by atoms with van der Waals surface area (Å²) in [5.74, 6) is 1.75. The predicted molar refractivity (Wildman–Crippen MR) is 122 cm³/mol. The molecule has 1 aliphatic carbocycles. The van der Waals surface area contributed by atoms with Gasteiger partial charge in [-0.3, -0.25) is 4.79 Å². The first-order valence-electron chi connectivity index (χ1n) is 10.5. The van der Waals surface area contributed by atoms with E-state index >= 15 is 0 Å². The zero-order valence-electron chi connectivity index (χ0n) is 17.9. The molecule has 0 aromatic heterocycles. The third-order valence-electron chi connectivity index (χ3n) is 6.41. The Hall–Kier alpha value is -3.47. The van der Waals surface area contributed by atoms with Gasteiger partial charge in [0, 0.05) is 7.11 Å². The van der Waals surface area contributed by atoms with Gasteiger partial charge in [-0.25, -0.2) is 0 Å². The summed E-state index contributed by atoms with van der Waals surface area (Å²) in [5, 5.41) is 13.2. The van der Waals surface area contributed by atoms with Crippen molar-refractivity contribution in [2.24, 2.45) is 0 Å². The van der Waals surface area contributed by atoms with Crippen molar-refractivity contribution in [1.29, 1.82) is 0 Å². The highest BCUT2D eigenvalue weighted by Gasteiger charge is 2.51. The Morgan fingerprint density at radius 1 is 0.935 bits per heavy atom.